The summed E-state index contributed by atoms with van der Waals surface area (Å²) in [5, 5.41) is 0.107. The summed E-state index contributed by atoms with van der Waals surface area (Å²) in [6, 6.07) is 5.64. The first kappa shape index (κ1) is 9.81. The lowest BCUT2D eigenvalue weighted by Gasteiger charge is -2.00. The quantitative estimate of drug-likeness (QED) is 0.755. The second-order valence-corrected chi connectivity index (χ2v) is 4.09. The molecule has 12 heavy (non-hydrogen) atoms. The van der Waals surface area contributed by atoms with Crippen LogP contribution in [-0.4, -0.2) is 11.4 Å². The van der Waals surface area contributed by atoms with Crippen LogP contribution >= 0.6 is 27.7 Å². The molecule has 0 N–H and O–H groups in total. The minimum absolute atomic E-state index is 0.107. The predicted molar refractivity (Wildman–Crippen MR) is 56.7 cm³/mol. The van der Waals surface area contributed by atoms with Crippen molar-refractivity contribution in [2.24, 2.45) is 0 Å². The van der Waals surface area contributed by atoms with E-state index < -0.39 is 0 Å². The van der Waals surface area contributed by atoms with Crippen LogP contribution < -0.4 is 0 Å². The topological polar surface area (TPSA) is 17.1 Å². The molecule has 0 fully saturated rings. The zero-order chi connectivity index (χ0) is 9.14. The van der Waals surface area contributed by atoms with E-state index in [9.17, 15) is 4.79 Å². The summed E-state index contributed by atoms with van der Waals surface area (Å²) in [7, 11) is 0. The Labute approximate surface area is 84.7 Å². The van der Waals surface area contributed by atoms with E-state index >= 15 is 0 Å². The van der Waals surface area contributed by atoms with Crippen LogP contribution in [-0.2, 0) is 0 Å². The molecule has 64 valence electrons. The normalized spacial score (nSPS) is 9.92. The summed E-state index contributed by atoms with van der Waals surface area (Å²) >= 11 is 4.61. The minimum Gasteiger partial charge on any atom is -0.282 e. The largest absolute Gasteiger partial charge is 0.282 e. The summed E-state index contributed by atoms with van der Waals surface area (Å²) in [6.07, 6.45) is 1.79. The van der Waals surface area contributed by atoms with Gasteiger partial charge in [-0.3, -0.25) is 4.79 Å². The fourth-order valence-corrected chi connectivity index (χ4v) is 1.58. The Hall–Kier alpha value is -0.280. The summed E-state index contributed by atoms with van der Waals surface area (Å²) < 4.78 is 0.988. The van der Waals surface area contributed by atoms with Crippen molar-refractivity contribution in [3.8, 4) is 0 Å². The summed E-state index contributed by atoms with van der Waals surface area (Å²) in [4.78, 5) is 11.2. The van der Waals surface area contributed by atoms with E-state index in [-0.39, 0.29) is 5.12 Å². The van der Waals surface area contributed by atoms with Crippen molar-refractivity contribution in [2.75, 3.05) is 6.26 Å². The molecule has 1 nitrogen and oxygen atoms in total. The van der Waals surface area contributed by atoms with Gasteiger partial charge in [-0.05, 0) is 24.8 Å². The molecular formula is C9H9BrOS. The maximum absolute atomic E-state index is 11.2. The van der Waals surface area contributed by atoms with Crippen LogP contribution in [0.2, 0.25) is 0 Å². The molecule has 0 heterocycles. The molecule has 0 aliphatic rings. The average molecular weight is 245 g/mol. The second kappa shape index (κ2) is 4.10. The molecule has 0 saturated heterocycles. The van der Waals surface area contributed by atoms with Gasteiger partial charge in [0.25, 0.3) is 0 Å². The van der Waals surface area contributed by atoms with Crippen LogP contribution in [0.5, 0.6) is 0 Å². The second-order valence-electron chi connectivity index (χ2n) is 2.46. The Bertz CT molecular complexity index is 309. The van der Waals surface area contributed by atoms with E-state index in [1.807, 2.05) is 25.1 Å². The number of hydrogen-bond donors (Lipinski definition) is 0. The molecule has 1 rings (SSSR count). The Balaban J connectivity index is 3.05. The third-order valence-electron chi connectivity index (χ3n) is 1.59. The van der Waals surface area contributed by atoms with Crippen LogP contribution in [0.1, 0.15) is 15.9 Å². The van der Waals surface area contributed by atoms with E-state index in [4.69, 9.17) is 0 Å². The Morgan fingerprint density at radius 3 is 2.67 bits per heavy atom. The van der Waals surface area contributed by atoms with Crippen LogP contribution in [0.4, 0.5) is 0 Å². The van der Waals surface area contributed by atoms with Crippen LogP contribution in [0.25, 0.3) is 0 Å². The van der Waals surface area contributed by atoms with Gasteiger partial charge in [-0.25, -0.2) is 0 Å². The van der Waals surface area contributed by atoms with Gasteiger partial charge in [0, 0.05) is 10.0 Å². The van der Waals surface area contributed by atoms with Crippen molar-refractivity contribution in [3.05, 3.63) is 33.8 Å². The number of benzene rings is 1. The van der Waals surface area contributed by atoms with Gasteiger partial charge >= 0.3 is 0 Å². The van der Waals surface area contributed by atoms with E-state index in [2.05, 4.69) is 15.9 Å². The molecule has 3 heteroatoms. The van der Waals surface area contributed by atoms with E-state index in [1.54, 1.807) is 6.26 Å². The molecule has 0 aliphatic heterocycles. The maximum Gasteiger partial charge on any atom is 0.219 e. The van der Waals surface area contributed by atoms with E-state index in [1.165, 1.54) is 11.8 Å². The van der Waals surface area contributed by atoms with Crippen LogP contribution in [0.15, 0.2) is 22.7 Å². The van der Waals surface area contributed by atoms with Crippen molar-refractivity contribution in [1.29, 1.82) is 0 Å². The molecule has 0 amide bonds. The highest BCUT2D eigenvalue weighted by Crippen LogP contribution is 2.19. The number of aryl methyl sites for hydroxylation is 1. The third kappa shape index (κ3) is 2.11. The molecule has 0 saturated carbocycles. The maximum atomic E-state index is 11.2. The first-order valence-corrected chi connectivity index (χ1v) is 5.51. The third-order valence-corrected chi connectivity index (χ3v) is 3.05. The first-order chi connectivity index (χ1) is 5.65. The zero-order valence-electron chi connectivity index (χ0n) is 6.93. The molecule has 1 aromatic rings. The van der Waals surface area contributed by atoms with E-state index in [0.29, 0.717) is 0 Å². The van der Waals surface area contributed by atoms with Gasteiger partial charge in [0.15, 0.2) is 0 Å². The van der Waals surface area contributed by atoms with Crippen molar-refractivity contribution < 1.29 is 4.79 Å². The molecule has 0 spiro atoms. The Morgan fingerprint density at radius 1 is 1.50 bits per heavy atom. The van der Waals surface area contributed by atoms with Crippen molar-refractivity contribution >= 4 is 32.8 Å². The van der Waals surface area contributed by atoms with E-state index in [0.717, 1.165) is 15.6 Å². The molecule has 1 aromatic carbocycles. The van der Waals surface area contributed by atoms with Gasteiger partial charge in [0.2, 0.25) is 5.12 Å². The first-order valence-electron chi connectivity index (χ1n) is 3.49. The zero-order valence-corrected chi connectivity index (χ0v) is 9.33. The highest BCUT2D eigenvalue weighted by atomic mass is 79.9. The monoisotopic (exact) mass is 244 g/mol. The molecule has 0 bridgehead atoms. The van der Waals surface area contributed by atoms with Crippen LogP contribution in [0, 0.1) is 6.92 Å². The lowest BCUT2D eigenvalue weighted by Crippen LogP contribution is -1.92. The molecule has 0 aromatic heterocycles. The van der Waals surface area contributed by atoms with Gasteiger partial charge in [-0.2, -0.15) is 0 Å². The summed E-state index contributed by atoms with van der Waals surface area (Å²) in [6.45, 7) is 2.00. The standard InChI is InChI=1S/C9H9BrOS/c1-6-3-4-7(5-8(6)10)9(11)12-2/h3-5H,1-2H3. The smallest absolute Gasteiger partial charge is 0.219 e. The number of halogens is 1. The number of rotatable bonds is 1. The number of thioether (sulfide) groups is 1. The molecule has 0 aliphatic carbocycles. The van der Waals surface area contributed by atoms with Crippen molar-refractivity contribution in [3.63, 3.8) is 0 Å². The van der Waals surface area contributed by atoms with Crippen LogP contribution in [0.3, 0.4) is 0 Å². The number of carbonyl (C=O) groups excluding carboxylic acids is 1. The average Bonchev–Trinajstić information content (AvgIpc) is 2.08. The highest BCUT2D eigenvalue weighted by molar-refractivity contribution is 9.10. The Morgan fingerprint density at radius 2 is 2.17 bits per heavy atom. The van der Waals surface area contributed by atoms with Gasteiger partial charge in [0.05, 0.1) is 0 Å². The summed E-state index contributed by atoms with van der Waals surface area (Å²) in [5.74, 6) is 0. The SMILES string of the molecule is CSC(=O)c1ccc(C)c(Br)c1. The molecular weight excluding hydrogens is 236 g/mol. The molecule has 0 unspecified atom stereocenters. The molecule has 0 radical (unpaired) electrons. The summed E-state index contributed by atoms with van der Waals surface area (Å²) in [5.41, 5.74) is 1.90. The fourth-order valence-electron chi connectivity index (χ4n) is 0.838. The lowest BCUT2D eigenvalue weighted by atomic mass is 10.2. The number of carbonyl (C=O) groups is 1. The lowest BCUT2D eigenvalue weighted by molar-refractivity contribution is 0.108. The number of hydrogen-bond acceptors (Lipinski definition) is 2. The molecule has 0 atom stereocenters. The van der Waals surface area contributed by atoms with Crippen molar-refractivity contribution in [2.45, 2.75) is 6.92 Å². The minimum atomic E-state index is 0.107. The predicted octanol–water partition coefficient (Wildman–Crippen LogP) is 3.26. The van der Waals surface area contributed by atoms with Gasteiger partial charge in [0.1, 0.15) is 0 Å². The highest BCUT2D eigenvalue weighted by Gasteiger charge is 2.04. The van der Waals surface area contributed by atoms with Gasteiger partial charge < -0.3 is 0 Å². The van der Waals surface area contributed by atoms with Gasteiger partial charge in [-0.1, -0.05) is 39.8 Å². The fraction of sp³-hybridized carbons (Fsp3) is 0.222. The Kier molecular flexibility index (Phi) is 3.35. The van der Waals surface area contributed by atoms with Gasteiger partial charge in [-0.15, -0.1) is 0 Å². The van der Waals surface area contributed by atoms with Crippen molar-refractivity contribution in [1.82, 2.24) is 0 Å².